The van der Waals surface area contributed by atoms with E-state index in [-0.39, 0.29) is 22.9 Å². The molecule has 5 heterocycles. The zero-order chi connectivity index (χ0) is 28.9. The van der Waals surface area contributed by atoms with Crippen LogP contribution in [-0.2, 0) is 22.4 Å². The van der Waals surface area contributed by atoms with Gasteiger partial charge in [-0.05, 0) is 68.3 Å². The number of fused-ring (bicyclic) bond motifs is 1. The van der Waals surface area contributed by atoms with Gasteiger partial charge < -0.3 is 20.6 Å². The molecular formula is C30H38N6O4S. The van der Waals surface area contributed by atoms with E-state index in [0.717, 1.165) is 67.4 Å². The maximum absolute atomic E-state index is 13.6. The third kappa shape index (κ3) is 7.02. The van der Waals surface area contributed by atoms with Crippen LogP contribution in [0.25, 0.3) is 11.7 Å². The molecule has 0 bridgehead atoms. The van der Waals surface area contributed by atoms with Crippen LogP contribution < -0.4 is 21.1 Å². The van der Waals surface area contributed by atoms with E-state index in [0.29, 0.717) is 43.1 Å². The Hall–Kier alpha value is -3.57. The first kappa shape index (κ1) is 28.9. The lowest BCUT2D eigenvalue weighted by atomic mass is 9.96. The highest BCUT2D eigenvalue weighted by molar-refractivity contribution is 7.09. The van der Waals surface area contributed by atoms with Crippen molar-refractivity contribution in [1.82, 2.24) is 25.0 Å². The number of nitrogens with one attached hydrogen (secondary N) is 2. The number of thiazole rings is 1. The smallest absolute Gasteiger partial charge is 0.328 e. The second-order valence-electron chi connectivity index (χ2n) is 11.2. The SMILES string of the molecule is CC(C)c1csc(CCc2ccn3c(=O)c(/C=C/C(=O)O)c(N4CCCC(C(=O)NCC5CCCN5)C4)nc3c2)n1. The molecule has 3 N–H and O–H groups in total. The predicted octanol–water partition coefficient (Wildman–Crippen LogP) is 3.24. The van der Waals surface area contributed by atoms with Crippen molar-refractivity contribution < 1.29 is 14.7 Å². The van der Waals surface area contributed by atoms with Crippen LogP contribution in [0.15, 0.2) is 34.6 Å². The number of hydrogen-bond donors (Lipinski definition) is 3. The average Bonchev–Trinajstić information content (AvgIpc) is 3.67. The summed E-state index contributed by atoms with van der Waals surface area (Å²) in [6.07, 6.45) is 9.25. The molecule has 1 amide bonds. The molecule has 11 heteroatoms. The molecule has 41 heavy (non-hydrogen) atoms. The fourth-order valence-corrected chi connectivity index (χ4v) is 6.48. The number of rotatable bonds is 10. The first-order chi connectivity index (χ1) is 19.8. The van der Waals surface area contributed by atoms with Gasteiger partial charge in [0, 0.05) is 49.7 Å². The Labute approximate surface area is 243 Å². The quantitative estimate of drug-likeness (QED) is 0.313. The van der Waals surface area contributed by atoms with Crippen molar-refractivity contribution in [2.75, 3.05) is 31.1 Å². The van der Waals surface area contributed by atoms with Crippen LogP contribution in [-0.4, -0.2) is 63.6 Å². The van der Waals surface area contributed by atoms with E-state index < -0.39 is 5.97 Å². The number of aromatic nitrogens is 3. The summed E-state index contributed by atoms with van der Waals surface area (Å²) in [5, 5.41) is 19.0. The number of carbonyl (C=O) groups excluding carboxylic acids is 1. The Balaban J connectivity index is 1.39. The third-order valence-corrected chi connectivity index (χ3v) is 8.79. The number of hydrogen-bond acceptors (Lipinski definition) is 8. The highest BCUT2D eigenvalue weighted by Gasteiger charge is 2.29. The minimum atomic E-state index is -1.14. The molecule has 2 aliphatic heterocycles. The summed E-state index contributed by atoms with van der Waals surface area (Å²) in [6, 6.07) is 4.13. The van der Waals surface area contributed by atoms with Gasteiger partial charge in [-0.2, -0.15) is 0 Å². The van der Waals surface area contributed by atoms with Gasteiger partial charge in [0.25, 0.3) is 5.56 Å². The van der Waals surface area contributed by atoms with Crippen LogP contribution in [0.1, 0.15) is 67.3 Å². The van der Waals surface area contributed by atoms with Crippen molar-refractivity contribution in [1.29, 1.82) is 0 Å². The van der Waals surface area contributed by atoms with Gasteiger partial charge in [0.1, 0.15) is 11.5 Å². The summed E-state index contributed by atoms with van der Waals surface area (Å²) in [5.74, 6) is -0.559. The number of carboxylic acid groups (broad SMARTS) is 1. The molecule has 0 saturated carbocycles. The van der Waals surface area contributed by atoms with E-state index >= 15 is 0 Å². The Morgan fingerprint density at radius 2 is 2.10 bits per heavy atom. The predicted molar refractivity (Wildman–Crippen MR) is 161 cm³/mol. The van der Waals surface area contributed by atoms with Crippen LogP contribution in [0.4, 0.5) is 5.82 Å². The molecule has 2 aliphatic rings. The second kappa shape index (κ2) is 12.9. The number of carbonyl (C=O) groups is 2. The highest BCUT2D eigenvalue weighted by atomic mass is 32.1. The Bertz CT molecular complexity index is 1490. The van der Waals surface area contributed by atoms with Crippen LogP contribution in [0, 0.1) is 5.92 Å². The van der Waals surface area contributed by atoms with E-state index in [1.54, 1.807) is 17.5 Å². The van der Waals surface area contributed by atoms with Crippen molar-refractivity contribution in [2.45, 2.75) is 64.3 Å². The molecule has 0 aromatic carbocycles. The first-order valence-corrected chi connectivity index (χ1v) is 15.3. The molecule has 3 aromatic rings. The Morgan fingerprint density at radius 1 is 1.24 bits per heavy atom. The van der Waals surface area contributed by atoms with Gasteiger partial charge in [0.05, 0.1) is 22.2 Å². The standard InChI is InChI=1S/C30H38N6O4S/c1-19(2)24-18-41-26(33-24)9-7-20-11-14-36-25(15-20)34-28(23(30(36)40)8-10-27(37)38)35-13-4-5-21(17-35)29(39)32-16-22-6-3-12-31-22/h8,10-11,14-15,18-19,21-22,31H,3-7,9,12-13,16-17H2,1-2H3,(H,32,39)(H,37,38)/b10-8+. The third-order valence-electron chi connectivity index (χ3n) is 7.87. The second-order valence-corrected chi connectivity index (χ2v) is 12.2. The van der Waals surface area contributed by atoms with Crippen molar-refractivity contribution in [3.63, 3.8) is 0 Å². The molecule has 0 aliphatic carbocycles. The zero-order valence-electron chi connectivity index (χ0n) is 23.6. The van der Waals surface area contributed by atoms with Gasteiger partial charge in [-0.15, -0.1) is 11.3 Å². The maximum Gasteiger partial charge on any atom is 0.328 e. The number of nitrogens with zero attached hydrogens (tertiary/aromatic N) is 4. The van der Waals surface area contributed by atoms with Crippen LogP contribution in [0.2, 0.25) is 0 Å². The first-order valence-electron chi connectivity index (χ1n) is 14.4. The van der Waals surface area contributed by atoms with E-state index in [4.69, 9.17) is 9.97 Å². The number of amides is 1. The molecule has 0 radical (unpaired) electrons. The number of piperidine rings is 1. The molecule has 3 aromatic heterocycles. The molecule has 2 saturated heterocycles. The number of pyridine rings is 1. The average molecular weight is 579 g/mol. The molecule has 2 unspecified atom stereocenters. The monoisotopic (exact) mass is 578 g/mol. The van der Waals surface area contributed by atoms with Gasteiger partial charge in [-0.1, -0.05) is 13.8 Å². The molecule has 0 spiro atoms. The van der Waals surface area contributed by atoms with Gasteiger partial charge in [0.2, 0.25) is 5.91 Å². The Morgan fingerprint density at radius 3 is 2.83 bits per heavy atom. The van der Waals surface area contributed by atoms with E-state index in [1.165, 1.54) is 10.5 Å². The number of aliphatic carboxylic acids is 1. The van der Waals surface area contributed by atoms with Crippen molar-refractivity contribution >= 4 is 40.8 Å². The molecule has 5 rings (SSSR count). The topological polar surface area (TPSA) is 129 Å². The largest absolute Gasteiger partial charge is 0.478 e. The summed E-state index contributed by atoms with van der Waals surface area (Å²) >= 11 is 1.67. The Kier molecular flexibility index (Phi) is 9.14. The zero-order valence-corrected chi connectivity index (χ0v) is 24.5. The van der Waals surface area contributed by atoms with E-state index in [9.17, 15) is 19.5 Å². The van der Waals surface area contributed by atoms with Crippen LogP contribution >= 0.6 is 11.3 Å². The van der Waals surface area contributed by atoms with Gasteiger partial charge in [-0.3, -0.25) is 14.0 Å². The van der Waals surface area contributed by atoms with Crippen molar-refractivity contribution in [3.05, 3.63) is 62.0 Å². The van der Waals surface area contributed by atoms with E-state index in [1.807, 2.05) is 17.0 Å². The van der Waals surface area contributed by atoms with E-state index in [2.05, 4.69) is 29.9 Å². The van der Waals surface area contributed by atoms with Crippen molar-refractivity contribution in [3.8, 4) is 0 Å². The number of aryl methyl sites for hydroxylation is 2. The van der Waals surface area contributed by atoms with Gasteiger partial charge >= 0.3 is 5.97 Å². The highest BCUT2D eigenvalue weighted by Crippen LogP contribution is 2.26. The lowest BCUT2D eigenvalue weighted by Gasteiger charge is -2.34. The summed E-state index contributed by atoms with van der Waals surface area (Å²) in [6.45, 7) is 6.91. The fraction of sp³-hybridized carbons (Fsp3) is 0.500. The molecule has 2 fully saturated rings. The fourth-order valence-electron chi connectivity index (χ4n) is 5.52. The normalized spacial score (nSPS) is 19.4. The van der Waals surface area contributed by atoms with Crippen molar-refractivity contribution in [2.24, 2.45) is 5.92 Å². The molecule has 10 nitrogen and oxygen atoms in total. The lowest BCUT2D eigenvalue weighted by Crippen LogP contribution is -2.46. The minimum absolute atomic E-state index is 0.00800. The molecule has 218 valence electrons. The summed E-state index contributed by atoms with van der Waals surface area (Å²) in [5.41, 5.74) is 2.50. The maximum atomic E-state index is 13.6. The summed E-state index contributed by atoms with van der Waals surface area (Å²) in [4.78, 5) is 49.5. The molecular weight excluding hydrogens is 540 g/mol. The summed E-state index contributed by atoms with van der Waals surface area (Å²) in [7, 11) is 0. The minimum Gasteiger partial charge on any atom is -0.478 e. The van der Waals surface area contributed by atoms with Crippen LogP contribution in [0.3, 0.4) is 0 Å². The number of anilines is 1. The number of carboxylic acids is 1. The van der Waals surface area contributed by atoms with Gasteiger partial charge in [-0.25, -0.2) is 14.8 Å². The van der Waals surface area contributed by atoms with Gasteiger partial charge in [0.15, 0.2) is 0 Å². The summed E-state index contributed by atoms with van der Waals surface area (Å²) < 4.78 is 1.46. The molecule has 2 atom stereocenters. The van der Waals surface area contributed by atoms with Crippen LogP contribution in [0.5, 0.6) is 0 Å². The lowest BCUT2D eigenvalue weighted by molar-refractivity contribution is -0.131.